The van der Waals surface area contributed by atoms with Gasteiger partial charge in [0.25, 0.3) is 11.5 Å². The number of fused-ring (bicyclic) bond motifs is 2. The first-order valence-corrected chi connectivity index (χ1v) is 8.52. The van der Waals surface area contributed by atoms with Crippen molar-refractivity contribution >= 4 is 35.6 Å². The van der Waals surface area contributed by atoms with Crippen molar-refractivity contribution in [3.63, 3.8) is 0 Å². The highest BCUT2D eigenvalue weighted by Crippen LogP contribution is 2.37. The molecule has 1 saturated carbocycles. The molecule has 0 atom stereocenters. The largest absolute Gasteiger partial charge is 0.393 e. The molecule has 2 aliphatic rings. The van der Waals surface area contributed by atoms with Gasteiger partial charge in [0.05, 0.1) is 6.10 Å². The van der Waals surface area contributed by atoms with Crippen LogP contribution in [0, 0.1) is 6.92 Å². The predicted molar refractivity (Wildman–Crippen MR) is 102 cm³/mol. The van der Waals surface area contributed by atoms with Crippen molar-refractivity contribution in [2.24, 2.45) is 0 Å². The van der Waals surface area contributed by atoms with Gasteiger partial charge in [-0.3, -0.25) is 14.2 Å². The van der Waals surface area contributed by atoms with Crippen molar-refractivity contribution in [2.75, 3.05) is 11.1 Å². The van der Waals surface area contributed by atoms with E-state index in [1.54, 1.807) is 17.6 Å². The van der Waals surface area contributed by atoms with Gasteiger partial charge in [0.15, 0.2) is 0 Å². The second-order valence-electron chi connectivity index (χ2n) is 6.90. The molecular weight excluding hydrogens is 372 g/mol. The van der Waals surface area contributed by atoms with Crippen molar-refractivity contribution < 1.29 is 9.90 Å². The van der Waals surface area contributed by atoms with E-state index in [2.05, 4.69) is 20.6 Å². The molecule has 3 heterocycles. The third-order valence-corrected chi connectivity index (χ3v) is 5.11. The Hall–Kier alpha value is -2.65. The molecule has 1 aliphatic carbocycles. The molecule has 0 saturated heterocycles. The summed E-state index contributed by atoms with van der Waals surface area (Å²) >= 11 is 0. The van der Waals surface area contributed by atoms with E-state index in [1.165, 1.54) is 12.4 Å². The molecule has 9 nitrogen and oxygen atoms in total. The fraction of sp³-hybridized carbons (Fsp3) is 0.412. The van der Waals surface area contributed by atoms with Crippen LogP contribution in [0.2, 0.25) is 0 Å². The Morgan fingerprint density at radius 2 is 2.00 bits per heavy atom. The Labute approximate surface area is 161 Å². The number of anilines is 3. The maximum atomic E-state index is 13.2. The maximum Gasteiger partial charge on any atom is 0.276 e. The van der Waals surface area contributed by atoms with Crippen LogP contribution in [0.15, 0.2) is 23.3 Å². The van der Waals surface area contributed by atoms with Gasteiger partial charge < -0.3 is 21.5 Å². The highest BCUT2D eigenvalue weighted by Gasteiger charge is 2.46. The van der Waals surface area contributed by atoms with E-state index in [1.807, 2.05) is 0 Å². The fourth-order valence-corrected chi connectivity index (χ4v) is 3.86. The van der Waals surface area contributed by atoms with Gasteiger partial charge in [0.1, 0.15) is 35.0 Å². The van der Waals surface area contributed by atoms with Gasteiger partial charge in [-0.25, -0.2) is 9.97 Å². The first-order valence-electron chi connectivity index (χ1n) is 8.52. The van der Waals surface area contributed by atoms with Crippen LogP contribution in [0.5, 0.6) is 0 Å². The number of aromatic nitrogens is 3. The van der Waals surface area contributed by atoms with Crippen LogP contribution >= 0.6 is 12.4 Å². The zero-order valence-electron chi connectivity index (χ0n) is 14.7. The Bertz CT molecular complexity index is 952. The van der Waals surface area contributed by atoms with E-state index >= 15 is 0 Å². The van der Waals surface area contributed by atoms with Crippen LogP contribution in [-0.2, 0) is 5.66 Å². The normalized spacial score (nSPS) is 23.5. The van der Waals surface area contributed by atoms with Crippen molar-refractivity contribution in [3.8, 4) is 0 Å². The van der Waals surface area contributed by atoms with Crippen molar-refractivity contribution in [1.29, 1.82) is 0 Å². The highest BCUT2D eigenvalue weighted by molar-refractivity contribution is 5.97. The quantitative estimate of drug-likeness (QED) is 0.599. The third-order valence-electron chi connectivity index (χ3n) is 5.11. The smallest absolute Gasteiger partial charge is 0.276 e. The average Bonchev–Trinajstić information content (AvgIpc) is 2.88. The van der Waals surface area contributed by atoms with Crippen molar-refractivity contribution in [3.05, 3.63) is 40.1 Å². The minimum Gasteiger partial charge on any atom is -0.393 e. The van der Waals surface area contributed by atoms with E-state index in [0.717, 1.165) is 0 Å². The summed E-state index contributed by atoms with van der Waals surface area (Å²) in [5, 5.41) is 15.8. The number of pyridine rings is 1. The summed E-state index contributed by atoms with van der Waals surface area (Å²) in [6.07, 6.45) is 3.00. The van der Waals surface area contributed by atoms with Gasteiger partial charge in [0, 0.05) is 6.07 Å². The first-order chi connectivity index (χ1) is 12.4. The van der Waals surface area contributed by atoms with Gasteiger partial charge in [-0.15, -0.1) is 12.4 Å². The molecule has 0 bridgehead atoms. The molecule has 4 rings (SSSR count). The first kappa shape index (κ1) is 19.1. The molecule has 144 valence electrons. The summed E-state index contributed by atoms with van der Waals surface area (Å²) in [4.78, 5) is 33.6. The van der Waals surface area contributed by atoms with Crippen LogP contribution in [0.1, 0.15) is 41.7 Å². The van der Waals surface area contributed by atoms with Gasteiger partial charge in [-0.1, -0.05) is 0 Å². The zero-order chi connectivity index (χ0) is 18.5. The number of hydrogen-bond donors (Lipinski definition) is 4. The van der Waals surface area contributed by atoms with E-state index in [9.17, 15) is 14.7 Å². The number of carbonyl (C=O) groups is 1. The molecule has 0 unspecified atom stereocenters. The summed E-state index contributed by atoms with van der Waals surface area (Å²) in [7, 11) is 0. The minimum atomic E-state index is -0.782. The lowest BCUT2D eigenvalue weighted by atomic mass is 9.87. The van der Waals surface area contributed by atoms with Crippen LogP contribution < -0.4 is 21.9 Å². The summed E-state index contributed by atoms with van der Waals surface area (Å²) in [6.45, 7) is 1.79. The second-order valence-corrected chi connectivity index (χ2v) is 6.90. The molecule has 2 aromatic heterocycles. The molecule has 1 amide bonds. The molecule has 2 aromatic rings. The van der Waals surface area contributed by atoms with Crippen LogP contribution in [0.3, 0.4) is 0 Å². The molecule has 1 fully saturated rings. The van der Waals surface area contributed by atoms with Crippen LogP contribution in [-0.4, -0.2) is 31.7 Å². The maximum absolute atomic E-state index is 13.2. The summed E-state index contributed by atoms with van der Waals surface area (Å²) < 4.78 is 1.55. The Morgan fingerprint density at radius 3 is 2.67 bits per heavy atom. The number of aliphatic hydroxyl groups excluding tert-OH is 1. The van der Waals surface area contributed by atoms with Gasteiger partial charge in [-0.2, -0.15) is 0 Å². The third kappa shape index (κ3) is 3.13. The summed E-state index contributed by atoms with van der Waals surface area (Å²) in [5.41, 5.74) is 5.95. The number of amides is 1. The average molecular weight is 393 g/mol. The summed E-state index contributed by atoms with van der Waals surface area (Å²) in [5.74, 6) is 0.434. The number of halogens is 1. The number of nitrogens with one attached hydrogen (secondary N) is 2. The number of nitrogens with two attached hydrogens (primary N) is 1. The zero-order valence-corrected chi connectivity index (χ0v) is 15.5. The standard InChI is InChI=1S/C17H20N6O3.ClH/c1-9-6-11(21-13-7-12(18)19-8-20-13)16(26)23-14(9)15(25)22-17(23)4-2-10(24)3-5-17;/h6-8,10,24H,2-5H2,1H3,(H,22,25)(H3,18,19,20,21);1H. The fourth-order valence-electron chi connectivity index (χ4n) is 3.86. The number of aryl methyl sites for hydroxylation is 1. The summed E-state index contributed by atoms with van der Waals surface area (Å²) in [6, 6.07) is 3.17. The molecule has 27 heavy (non-hydrogen) atoms. The molecule has 5 N–H and O–H groups in total. The number of hydrogen-bond acceptors (Lipinski definition) is 7. The van der Waals surface area contributed by atoms with Crippen molar-refractivity contribution in [2.45, 2.75) is 44.4 Å². The van der Waals surface area contributed by atoms with E-state index in [4.69, 9.17) is 5.73 Å². The number of rotatable bonds is 2. The molecule has 1 spiro atoms. The monoisotopic (exact) mass is 392 g/mol. The Kier molecular flexibility index (Phi) is 4.83. The van der Waals surface area contributed by atoms with Crippen LogP contribution in [0.25, 0.3) is 0 Å². The predicted octanol–water partition coefficient (Wildman–Crippen LogP) is 1.03. The molecule has 1 aliphatic heterocycles. The minimum absolute atomic E-state index is 0. The topological polar surface area (TPSA) is 135 Å². The van der Waals surface area contributed by atoms with E-state index < -0.39 is 11.8 Å². The molecule has 0 radical (unpaired) electrons. The lowest BCUT2D eigenvalue weighted by molar-refractivity contribution is 0.0531. The lowest BCUT2D eigenvalue weighted by Crippen LogP contribution is -2.50. The lowest BCUT2D eigenvalue weighted by Gasteiger charge is -2.37. The van der Waals surface area contributed by atoms with Crippen LogP contribution in [0.4, 0.5) is 17.3 Å². The number of aliphatic hydroxyl groups is 1. The number of nitrogens with zero attached hydrogens (tertiary/aromatic N) is 3. The molecule has 0 aromatic carbocycles. The Balaban J connectivity index is 0.00000210. The van der Waals surface area contributed by atoms with Gasteiger partial charge >= 0.3 is 0 Å². The van der Waals surface area contributed by atoms with Gasteiger partial charge in [0.2, 0.25) is 0 Å². The van der Waals surface area contributed by atoms with Gasteiger partial charge in [-0.05, 0) is 44.2 Å². The Morgan fingerprint density at radius 1 is 1.30 bits per heavy atom. The SMILES string of the molecule is Cc1cc(Nc2cc(N)ncn2)c(=O)n2c1C(=O)NC21CCC(O)CC1.Cl. The second kappa shape index (κ2) is 6.82. The number of nitrogen functional groups attached to an aromatic ring is 1. The number of carbonyl (C=O) groups excluding carboxylic acids is 1. The molecular formula is C17H21ClN6O3. The van der Waals surface area contributed by atoms with Crippen molar-refractivity contribution in [1.82, 2.24) is 19.9 Å². The highest BCUT2D eigenvalue weighted by atomic mass is 35.5. The van der Waals surface area contributed by atoms with E-state index in [-0.39, 0.29) is 29.7 Å². The van der Waals surface area contributed by atoms with E-state index in [0.29, 0.717) is 48.4 Å². The molecule has 10 heteroatoms.